The van der Waals surface area contributed by atoms with E-state index in [-0.39, 0.29) is 0 Å². The van der Waals surface area contributed by atoms with E-state index in [9.17, 15) is 9.90 Å². The van der Waals surface area contributed by atoms with Gasteiger partial charge in [0, 0.05) is 30.3 Å². The lowest BCUT2D eigenvalue weighted by Gasteiger charge is -2.30. The van der Waals surface area contributed by atoms with E-state index in [0.717, 1.165) is 41.6 Å². The van der Waals surface area contributed by atoms with Crippen molar-refractivity contribution in [3.8, 4) is 0 Å². The number of aliphatic hydroxyl groups is 1. The van der Waals surface area contributed by atoms with E-state index in [0.29, 0.717) is 25.0 Å². The van der Waals surface area contributed by atoms with Crippen LogP contribution in [0.25, 0.3) is 0 Å². The predicted octanol–water partition coefficient (Wildman–Crippen LogP) is 5.53. The highest BCUT2D eigenvalue weighted by Crippen LogP contribution is 2.35. The van der Waals surface area contributed by atoms with E-state index >= 15 is 0 Å². The van der Waals surface area contributed by atoms with Crippen LogP contribution < -0.4 is 11.1 Å². The zero-order valence-electron chi connectivity index (χ0n) is 23.1. The number of nitrogens with zero attached hydrogens (tertiary/aromatic N) is 1. The quantitative estimate of drug-likeness (QED) is 0.253. The van der Waals surface area contributed by atoms with E-state index in [1.807, 2.05) is 54.6 Å². The second-order valence-corrected chi connectivity index (χ2v) is 11.6. The van der Waals surface area contributed by atoms with Crippen molar-refractivity contribution in [2.45, 2.75) is 75.5 Å². The standard InChI is InChI=1S/C23H33N3O3S.C7H12O/c1-4-17(2)15-26(30-20-12-10-19(24)11-13-20)16-22(27)21(25-23(28)29-3)14-18-8-6-5-7-9-18;1-2-6-4-5-8-7(6)3-1/h5-13,17,21-22,27H,4,14-16,24H2,1-3H3,(H,25,28);6-7H,1-5H2. The highest BCUT2D eigenvalue weighted by atomic mass is 32.2. The summed E-state index contributed by atoms with van der Waals surface area (Å²) in [5.74, 6) is 1.43. The molecule has 38 heavy (non-hydrogen) atoms. The summed E-state index contributed by atoms with van der Waals surface area (Å²) in [6.45, 7) is 6.61. The summed E-state index contributed by atoms with van der Waals surface area (Å²) in [4.78, 5) is 12.9. The Labute approximate surface area is 232 Å². The van der Waals surface area contributed by atoms with Crippen molar-refractivity contribution in [2.75, 3.05) is 32.5 Å². The number of amides is 1. The Balaban J connectivity index is 0.000000417. The number of hydrogen-bond donors (Lipinski definition) is 3. The van der Waals surface area contributed by atoms with Gasteiger partial charge in [0.05, 0.1) is 25.4 Å². The molecule has 0 bridgehead atoms. The Kier molecular flexibility index (Phi) is 12.7. The van der Waals surface area contributed by atoms with E-state index in [4.69, 9.17) is 15.2 Å². The molecular formula is C30H45N3O4S. The second-order valence-electron chi connectivity index (χ2n) is 10.4. The van der Waals surface area contributed by atoms with Crippen molar-refractivity contribution in [3.05, 3.63) is 60.2 Å². The molecule has 210 valence electrons. The fourth-order valence-electron chi connectivity index (χ4n) is 4.92. The average molecular weight is 544 g/mol. The van der Waals surface area contributed by atoms with Gasteiger partial charge >= 0.3 is 6.09 Å². The minimum Gasteiger partial charge on any atom is -0.453 e. The maximum atomic E-state index is 11.9. The number of aliphatic hydroxyl groups excluding tert-OH is 1. The minimum absolute atomic E-state index is 0.404. The molecule has 8 heteroatoms. The van der Waals surface area contributed by atoms with Gasteiger partial charge in [-0.2, -0.15) is 0 Å². The van der Waals surface area contributed by atoms with Gasteiger partial charge in [-0.15, -0.1) is 0 Å². The number of methoxy groups -OCH3 is 1. The summed E-state index contributed by atoms with van der Waals surface area (Å²) in [5, 5.41) is 13.8. The molecule has 7 nitrogen and oxygen atoms in total. The number of nitrogens with two attached hydrogens (primary N) is 1. The molecule has 2 aromatic rings. The van der Waals surface area contributed by atoms with Gasteiger partial charge in [0.2, 0.25) is 0 Å². The van der Waals surface area contributed by atoms with Crippen LogP contribution in [0.4, 0.5) is 10.5 Å². The molecule has 4 N–H and O–H groups in total. The Morgan fingerprint density at radius 2 is 1.89 bits per heavy atom. The number of hydrogen-bond acceptors (Lipinski definition) is 7. The van der Waals surface area contributed by atoms with Crippen LogP contribution >= 0.6 is 11.9 Å². The smallest absolute Gasteiger partial charge is 0.407 e. The third-order valence-electron chi connectivity index (χ3n) is 7.38. The van der Waals surface area contributed by atoms with Crippen molar-refractivity contribution >= 4 is 23.7 Å². The van der Waals surface area contributed by atoms with Gasteiger partial charge < -0.3 is 25.6 Å². The predicted molar refractivity (Wildman–Crippen MR) is 155 cm³/mol. The summed E-state index contributed by atoms with van der Waals surface area (Å²) in [7, 11) is 1.33. The first kappa shape index (κ1) is 30.3. The number of anilines is 1. The molecule has 1 aliphatic carbocycles. The van der Waals surface area contributed by atoms with Gasteiger partial charge in [0.1, 0.15) is 0 Å². The fourth-order valence-corrected chi connectivity index (χ4v) is 6.04. The number of nitrogens with one attached hydrogen (secondary N) is 1. The van der Waals surface area contributed by atoms with Gasteiger partial charge in [-0.1, -0.05) is 57.0 Å². The van der Waals surface area contributed by atoms with Crippen LogP contribution in [-0.4, -0.2) is 60.6 Å². The number of fused-ring (bicyclic) bond motifs is 1. The van der Waals surface area contributed by atoms with Crippen LogP contribution in [0.2, 0.25) is 0 Å². The summed E-state index contributed by atoms with van der Waals surface area (Å²) in [6.07, 6.45) is 6.44. The van der Waals surface area contributed by atoms with Crippen LogP contribution in [0.1, 0.15) is 51.5 Å². The first-order chi connectivity index (χ1) is 18.4. The number of benzene rings is 2. The molecule has 0 aromatic heterocycles. The van der Waals surface area contributed by atoms with Crippen molar-refractivity contribution in [3.63, 3.8) is 0 Å². The molecule has 1 saturated heterocycles. The molecule has 0 spiro atoms. The average Bonchev–Trinajstić information content (AvgIpc) is 3.56. The van der Waals surface area contributed by atoms with E-state index in [1.165, 1.54) is 32.8 Å². The molecular weight excluding hydrogens is 498 g/mol. The summed E-state index contributed by atoms with van der Waals surface area (Å²) in [5.41, 5.74) is 7.56. The molecule has 0 radical (unpaired) electrons. The fraction of sp³-hybridized carbons (Fsp3) is 0.567. The number of rotatable bonds is 11. The first-order valence-corrected chi connectivity index (χ1v) is 14.6. The molecule has 1 amide bonds. The van der Waals surface area contributed by atoms with Crippen molar-refractivity contribution in [1.82, 2.24) is 9.62 Å². The Morgan fingerprint density at radius 3 is 2.55 bits per heavy atom. The largest absolute Gasteiger partial charge is 0.453 e. The number of ether oxygens (including phenoxy) is 2. The third kappa shape index (κ3) is 10.1. The summed E-state index contributed by atoms with van der Waals surface area (Å²) >= 11 is 1.59. The highest BCUT2D eigenvalue weighted by Gasteiger charge is 2.32. The molecule has 2 fully saturated rings. The highest BCUT2D eigenvalue weighted by molar-refractivity contribution is 7.97. The molecule has 2 aromatic carbocycles. The van der Waals surface area contributed by atoms with E-state index in [2.05, 4.69) is 23.5 Å². The number of carbonyl (C=O) groups is 1. The normalized spacial score (nSPS) is 20.7. The number of alkyl carbamates (subject to hydrolysis) is 1. The van der Waals surface area contributed by atoms with Gasteiger partial charge in [-0.05, 0) is 79.3 Å². The lowest BCUT2D eigenvalue weighted by molar-refractivity contribution is 0.0963. The topological polar surface area (TPSA) is 97.0 Å². The van der Waals surface area contributed by atoms with Gasteiger partial charge in [-0.25, -0.2) is 9.10 Å². The number of nitrogen functional groups attached to an aromatic ring is 1. The summed E-state index contributed by atoms with van der Waals surface area (Å²) in [6, 6.07) is 17.0. The zero-order chi connectivity index (χ0) is 27.3. The molecule has 1 aliphatic heterocycles. The van der Waals surface area contributed by atoms with Crippen LogP contribution in [-0.2, 0) is 15.9 Å². The molecule has 2 aliphatic rings. The Bertz CT molecular complexity index is 926. The van der Waals surface area contributed by atoms with Crippen molar-refractivity contribution < 1.29 is 19.4 Å². The van der Waals surface area contributed by atoms with E-state index in [1.54, 1.807) is 11.9 Å². The lowest BCUT2D eigenvalue weighted by atomic mass is 10.0. The third-order valence-corrected chi connectivity index (χ3v) is 8.42. The molecule has 1 saturated carbocycles. The number of carbonyl (C=O) groups excluding carboxylic acids is 1. The molecule has 5 atom stereocenters. The maximum absolute atomic E-state index is 11.9. The monoisotopic (exact) mass is 543 g/mol. The van der Waals surface area contributed by atoms with Crippen molar-refractivity contribution in [1.29, 1.82) is 0 Å². The zero-order valence-corrected chi connectivity index (χ0v) is 23.9. The first-order valence-electron chi connectivity index (χ1n) is 13.8. The molecule has 1 heterocycles. The van der Waals surface area contributed by atoms with E-state index < -0.39 is 18.2 Å². The van der Waals surface area contributed by atoms with Crippen LogP contribution in [0.5, 0.6) is 0 Å². The van der Waals surface area contributed by atoms with Gasteiger partial charge in [-0.3, -0.25) is 0 Å². The van der Waals surface area contributed by atoms with Gasteiger partial charge in [0.25, 0.3) is 0 Å². The SMILES string of the molecule is C1CC2CCOC2C1.CCC(C)CN(CC(O)C(Cc1ccccc1)NC(=O)OC)Sc1ccc(N)cc1. The molecule has 4 rings (SSSR count). The Morgan fingerprint density at radius 1 is 1.16 bits per heavy atom. The van der Waals surface area contributed by atoms with Crippen LogP contribution in [0.15, 0.2) is 59.5 Å². The summed E-state index contributed by atoms with van der Waals surface area (Å²) < 4.78 is 12.4. The second kappa shape index (κ2) is 16.0. The van der Waals surface area contributed by atoms with Gasteiger partial charge in [0.15, 0.2) is 0 Å². The maximum Gasteiger partial charge on any atom is 0.407 e. The van der Waals surface area contributed by atoms with Crippen LogP contribution in [0.3, 0.4) is 0 Å². The minimum atomic E-state index is -0.769. The van der Waals surface area contributed by atoms with Crippen LogP contribution in [0, 0.1) is 11.8 Å². The Hall–Kier alpha value is -2.26. The van der Waals surface area contributed by atoms with Crippen molar-refractivity contribution in [2.24, 2.45) is 11.8 Å². The lowest BCUT2D eigenvalue weighted by Crippen LogP contribution is -2.49. The molecule has 5 unspecified atom stereocenters.